The first kappa shape index (κ1) is 18.8. The summed E-state index contributed by atoms with van der Waals surface area (Å²) in [6.45, 7) is 12.8. The average molecular weight is 335 g/mol. The molecular weight excluding hydrogens is 302 g/mol. The highest BCUT2D eigenvalue weighted by Crippen LogP contribution is 2.21. The summed E-state index contributed by atoms with van der Waals surface area (Å²) in [6, 6.07) is 3.57. The fourth-order valence-electron chi connectivity index (χ4n) is 3.64. The van der Waals surface area contributed by atoms with Crippen LogP contribution in [0, 0.1) is 18.8 Å². The van der Waals surface area contributed by atoms with Gasteiger partial charge in [-0.15, -0.1) is 0 Å². The second-order valence-corrected chi connectivity index (χ2v) is 7.48. The lowest BCUT2D eigenvalue weighted by atomic mass is 9.92. The Morgan fingerprint density at radius 2 is 2.00 bits per heavy atom. The number of piperidine rings is 1. The van der Waals surface area contributed by atoms with Gasteiger partial charge in [0.1, 0.15) is 11.5 Å². The van der Waals surface area contributed by atoms with E-state index in [9.17, 15) is 4.79 Å². The summed E-state index contributed by atoms with van der Waals surface area (Å²) < 4.78 is 5.53. The lowest BCUT2D eigenvalue weighted by molar-refractivity contribution is 0.139. The van der Waals surface area contributed by atoms with Gasteiger partial charge in [0.15, 0.2) is 0 Å². The van der Waals surface area contributed by atoms with Crippen LogP contribution in [-0.4, -0.2) is 37.1 Å². The number of carbonyl (C=O) groups excluding carboxylic acids is 1. The Hall–Kier alpha value is -1.49. The van der Waals surface area contributed by atoms with E-state index in [0.29, 0.717) is 6.54 Å². The van der Waals surface area contributed by atoms with E-state index in [-0.39, 0.29) is 12.1 Å². The van der Waals surface area contributed by atoms with Crippen LogP contribution in [0.5, 0.6) is 0 Å². The molecule has 1 aliphatic rings. The number of urea groups is 1. The number of rotatable bonds is 7. The Bertz CT molecular complexity index is 504. The van der Waals surface area contributed by atoms with Gasteiger partial charge in [0.2, 0.25) is 0 Å². The smallest absolute Gasteiger partial charge is 0.315 e. The van der Waals surface area contributed by atoms with Gasteiger partial charge in [0.05, 0.1) is 6.04 Å². The quantitative estimate of drug-likeness (QED) is 0.747. The fraction of sp³-hybridized carbons (Fsp3) is 0.737. The monoisotopic (exact) mass is 335 g/mol. The molecule has 0 unspecified atom stereocenters. The average Bonchev–Trinajstić information content (AvgIpc) is 2.92. The van der Waals surface area contributed by atoms with Crippen LogP contribution < -0.4 is 10.6 Å². The molecule has 1 aliphatic heterocycles. The number of carbonyl (C=O) groups is 1. The number of unbranched alkanes of at least 4 members (excludes halogenated alkanes) is 1. The Balaban J connectivity index is 1.56. The predicted molar refractivity (Wildman–Crippen MR) is 97.0 cm³/mol. The minimum atomic E-state index is -0.128. The van der Waals surface area contributed by atoms with Gasteiger partial charge in [-0.2, -0.15) is 0 Å². The van der Waals surface area contributed by atoms with E-state index in [2.05, 4.69) is 29.4 Å². The Morgan fingerprint density at radius 3 is 2.62 bits per heavy atom. The molecule has 5 nitrogen and oxygen atoms in total. The van der Waals surface area contributed by atoms with Crippen LogP contribution in [0.4, 0.5) is 4.79 Å². The number of hydrogen-bond acceptors (Lipinski definition) is 3. The lowest BCUT2D eigenvalue weighted by Crippen LogP contribution is -2.40. The third-order valence-electron chi connectivity index (χ3n) is 4.67. The SMILES string of the molecule is Cc1ccc([C@H](C)NC(=O)NCCCCN2C[C@H](C)C[C@H](C)C2)o1. The van der Waals surface area contributed by atoms with Crippen LogP contribution in [0.1, 0.15) is 57.6 Å². The summed E-state index contributed by atoms with van der Waals surface area (Å²) in [5.41, 5.74) is 0. The maximum Gasteiger partial charge on any atom is 0.315 e. The molecule has 24 heavy (non-hydrogen) atoms. The lowest BCUT2D eigenvalue weighted by Gasteiger charge is -2.34. The molecule has 1 aromatic rings. The standard InChI is InChI=1S/C19H33N3O2/c1-14-11-15(2)13-22(12-14)10-6-5-9-20-19(23)21-17(4)18-8-7-16(3)24-18/h7-8,14-15,17H,5-6,9-13H2,1-4H3,(H2,20,21,23)/t14-,15+,17-/m0/s1. The van der Waals surface area contributed by atoms with Crippen molar-refractivity contribution in [2.24, 2.45) is 11.8 Å². The van der Waals surface area contributed by atoms with E-state index in [1.807, 2.05) is 26.0 Å². The zero-order chi connectivity index (χ0) is 17.5. The summed E-state index contributed by atoms with van der Waals surface area (Å²) in [6.07, 6.45) is 3.50. The van der Waals surface area contributed by atoms with Crippen molar-refractivity contribution in [3.63, 3.8) is 0 Å². The molecule has 0 bridgehead atoms. The first-order chi connectivity index (χ1) is 11.4. The highest BCUT2D eigenvalue weighted by atomic mass is 16.3. The number of aryl methyl sites for hydroxylation is 1. The first-order valence-electron chi connectivity index (χ1n) is 9.27. The van der Waals surface area contributed by atoms with Gasteiger partial charge in [-0.3, -0.25) is 0 Å². The number of furan rings is 1. The number of amides is 2. The number of likely N-dealkylation sites (tertiary alicyclic amines) is 1. The molecule has 1 fully saturated rings. The zero-order valence-corrected chi connectivity index (χ0v) is 15.6. The van der Waals surface area contributed by atoms with Gasteiger partial charge in [-0.25, -0.2) is 4.79 Å². The van der Waals surface area contributed by atoms with E-state index in [0.717, 1.165) is 42.7 Å². The van der Waals surface area contributed by atoms with Crippen molar-refractivity contribution >= 4 is 6.03 Å². The minimum Gasteiger partial charge on any atom is -0.464 e. The normalized spacial score (nSPS) is 23.0. The van der Waals surface area contributed by atoms with Crippen molar-refractivity contribution in [3.05, 3.63) is 23.7 Å². The number of hydrogen-bond donors (Lipinski definition) is 2. The molecule has 1 aromatic heterocycles. The molecule has 2 rings (SSSR count). The Kier molecular flexibility index (Phi) is 7.16. The van der Waals surface area contributed by atoms with Crippen molar-refractivity contribution in [3.8, 4) is 0 Å². The summed E-state index contributed by atoms with van der Waals surface area (Å²) in [5.74, 6) is 3.27. The third kappa shape index (κ3) is 6.19. The number of nitrogens with one attached hydrogen (secondary N) is 2. The molecule has 1 saturated heterocycles. The van der Waals surface area contributed by atoms with Crippen LogP contribution >= 0.6 is 0 Å². The molecule has 0 aromatic carbocycles. The van der Waals surface area contributed by atoms with Gasteiger partial charge in [0, 0.05) is 19.6 Å². The van der Waals surface area contributed by atoms with Crippen LogP contribution in [-0.2, 0) is 0 Å². The second kappa shape index (κ2) is 9.11. The summed E-state index contributed by atoms with van der Waals surface area (Å²) in [5, 5.41) is 5.84. The summed E-state index contributed by atoms with van der Waals surface area (Å²) >= 11 is 0. The summed E-state index contributed by atoms with van der Waals surface area (Å²) in [7, 11) is 0. The highest BCUT2D eigenvalue weighted by Gasteiger charge is 2.21. The summed E-state index contributed by atoms with van der Waals surface area (Å²) in [4.78, 5) is 14.5. The van der Waals surface area contributed by atoms with Gasteiger partial charge >= 0.3 is 6.03 Å². The van der Waals surface area contributed by atoms with Gasteiger partial charge < -0.3 is 20.0 Å². The molecule has 5 heteroatoms. The van der Waals surface area contributed by atoms with Gasteiger partial charge in [-0.1, -0.05) is 13.8 Å². The maximum atomic E-state index is 11.9. The van der Waals surface area contributed by atoms with Crippen molar-refractivity contribution in [2.75, 3.05) is 26.2 Å². The van der Waals surface area contributed by atoms with E-state index in [4.69, 9.17) is 4.42 Å². The van der Waals surface area contributed by atoms with Crippen LogP contribution in [0.25, 0.3) is 0 Å². The van der Waals surface area contributed by atoms with E-state index in [1.54, 1.807) is 0 Å². The minimum absolute atomic E-state index is 0.116. The third-order valence-corrected chi connectivity index (χ3v) is 4.67. The van der Waals surface area contributed by atoms with Crippen LogP contribution in [0.3, 0.4) is 0 Å². The molecule has 2 N–H and O–H groups in total. The topological polar surface area (TPSA) is 57.5 Å². The molecule has 136 valence electrons. The fourth-order valence-corrected chi connectivity index (χ4v) is 3.64. The van der Waals surface area contributed by atoms with Crippen molar-refractivity contribution in [1.82, 2.24) is 15.5 Å². The number of nitrogens with zero attached hydrogens (tertiary/aromatic N) is 1. The van der Waals surface area contributed by atoms with Crippen molar-refractivity contribution < 1.29 is 9.21 Å². The van der Waals surface area contributed by atoms with Gasteiger partial charge in [0.25, 0.3) is 0 Å². The van der Waals surface area contributed by atoms with E-state index >= 15 is 0 Å². The van der Waals surface area contributed by atoms with Crippen LogP contribution in [0.2, 0.25) is 0 Å². The molecular formula is C19H33N3O2. The molecule has 0 spiro atoms. The van der Waals surface area contributed by atoms with Gasteiger partial charge in [-0.05, 0) is 63.6 Å². The predicted octanol–water partition coefficient (Wildman–Crippen LogP) is 3.71. The molecule has 0 saturated carbocycles. The second-order valence-electron chi connectivity index (χ2n) is 7.48. The van der Waals surface area contributed by atoms with E-state index < -0.39 is 0 Å². The molecule has 2 heterocycles. The Morgan fingerprint density at radius 1 is 1.29 bits per heavy atom. The molecule has 0 radical (unpaired) electrons. The maximum absolute atomic E-state index is 11.9. The Labute approximate surface area is 146 Å². The van der Waals surface area contributed by atoms with Crippen molar-refractivity contribution in [1.29, 1.82) is 0 Å². The molecule has 0 aliphatic carbocycles. The highest BCUT2D eigenvalue weighted by molar-refractivity contribution is 5.74. The van der Waals surface area contributed by atoms with Crippen LogP contribution in [0.15, 0.2) is 16.5 Å². The molecule has 2 amide bonds. The van der Waals surface area contributed by atoms with Crippen molar-refractivity contribution in [2.45, 2.75) is 53.0 Å². The largest absolute Gasteiger partial charge is 0.464 e. The molecule has 3 atom stereocenters. The van der Waals surface area contributed by atoms with E-state index in [1.165, 1.54) is 19.5 Å². The zero-order valence-electron chi connectivity index (χ0n) is 15.6. The first-order valence-corrected chi connectivity index (χ1v) is 9.27.